The molecule has 0 spiro atoms. The van der Waals surface area contributed by atoms with Gasteiger partial charge in [-0.05, 0) is 13.0 Å². The van der Waals surface area contributed by atoms with Gasteiger partial charge in [-0.1, -0.05) is 30.3 Å². The van der Waals surface area contributed by atoms with Gasteiger partial charge in [0.15, 0.2) is 0 Å². The molecular weight excluding hydrogens is 198 g/mol. The maximum absolute atomic E-state index is 4.44. The van der Waals surface area contributed by atoms with Crippen LogP contribution in [0.3, 0.4) is 0 Å². The number of benzene rings is 1. The Bertz CT molecular complexity index is 626. The number of aromatic nitrogens is 3. The van der Waals surface area contributed by atoms with Crippen LogP contribution in [0, 0.1) is 6.92 Å². The summed E-state index contributed by atoms with van der Waals surface area (Å²) in [4.78, 5) is 8.68. The fraction of sp³-hybridized carbons (Fsp3) is 0.0769. The molecule has 3 rings (SSSR count). The molecule has 2 aromatic heterocycles. The Hall–Kier alpha value is -2.16. The van der Waals surface area contributed by atoms with Crippen LogP contribution in [0.2, 0.25) is 0 Å². The minimum atomic E-state index is 0.749. The lowest BCUT2D eigenvalue weighted by Crippen LogP contribution is -1.89. The maximum atomic E-state index is 4.44. The van der Waals surface area contributed by atoms with Crippen LogP contribution < -0.4 is 0 Å². The Morgan fingerprint density at radius 1 is 1.06 bits per heavy atom. The first-order chi connectivity index (χ1) is 7.86. The molecular formula is C13H11N3. The topological polar surface area (TPSA) is 30.2 Å². The van der Waals surface area contributed by atoms with Crippen LogP contribution in [0.1, 0.15) is 5.69 Å². The number of rotatable bonds is 1. The van der Waals surface area contributed by atoms with Gasteiger partial charge in [-0.25, -0.2) is 9.97 Å². The summed E-state index contributed by atoms with van der Waals surface area (Å²) in [5.41, 5.74) is 3.29. The number of imidazole rings is 1. The molecule has 3 aromatic rings. The van der Waals surface area contributed by atoms with Crippen LogP contribution in [0.4, 0.5) is 0 Å². The molecule has 0 saturated carbocycles. The largest absolute Gasteiger partial charge is 0.283 e. The van der Waals surface area contributed by atoms with E-state index in [2.05, 4.69) is 22.1 Å². The Labute approximate surface area is 93.4 Å². The molecule has 0 unspecified atom stereocenters. The van der Waals surface area contributed by atoms with Crippen molar-refractivity contribution in [1.29, 1.82) is 0 Å². The Kier molecular flexibility index (Phi) is 1.96. The molecule has 0 aliphatic rings. The van der Waals surface area contributed by atoms with Crippen LogP contribution in [-0.4, -0.2) is 14.4 Å². The molecule has 0 atom stereocenters. The molecule has 0 N–H and O–H groups in total. The normalized spacial score (nSPS) is 10.8. The lowest BCUT2D eigenvalue weighted by Gasteiger charge is -2.01. The molecule has 2 heterocycles. The van der Waals surface area contributed by atoms with Gasteiger partial charge in [-0.2, -0.15) is 0 Å². The molecule has 0 aliphatic carbocycles. The van der Waals surface area contributed by atoms with Crippen molar-refractivity contribution in [3.05, 3.63) is 54.5 Å². The van der Waals surface area contributed by atoms with Gasteiger partial charge in [0.05, 0.1) is 11.4 Å². The van der Waals surface area contributed by atoms with Crippen LogP contribution in [0.15, 0.2) is 48.8 Å². The van der Waals surface area contributed by atoms with E-state index >= 15 is 0 Å². The zero-order valence-electron chi connectivity index (χ0n) is 8.96. The number of hydrogen-bond acceptors (Lipinski definition) is 2. The van der Waals surface area contributed by atoms with E-state index in [1.165, 1.54) is 5.56 Å². The minimum absolute atomic E-state index is 0.749. The Morgan fingerprint density at radius 2 is 1.88 bits per heavy atom. The standard InChI is InChI=1S/C13H11N3/c1-10-12(11-6-3-2-4-7-11)16-9-5-8-14-13(16)15-10/h2-9H,1H3. The molecule has 16 heavy (non-hydrogen) atoms. The lowest BCUT2D eigenvalue weighted by molar-refractivity contribution is 1.11. The van der Waals surface area contributed by atoms with Crippen molar-refractivity contribution in [2.75, 3.05) is 0 Å². The number of hydrogen-bond donors (Lipinski definition) is 0. The second-order valence-corrected chi connectivity index (χ2v) is 3.70. The average molecular weight is 209 g/mol. The zero-order chi connectivity index (χ0) is 11.0. The predicted molar refractivity (Wildman–Crippen MR) is 63.2 cm³/mol. The van der Waals surface area contributed by atoms with E-state index in [4.69, 9.17) is 0 Å². The van der Waals surface area contributed by atoms with Gasteiger partial charge in [-0.3, -0.25) is 4.40 Å². The highest BCUT2D eigenvalue weighted by molar-refractivity contribution is 5.65. The fourth-order valence-electron chi connectivity index (χ4n) is 1.94. The fourth-order valence-corrected chi connectivity index (χ4v) is 1.94. The monoisotopic (exact) mass is 209 g/mol. The summed E-state index contributed by atoms with van der Waals surface area (Å²) in [6.07, 6.45) is 3.75. The van der Waals surface area contributed by atoms with Crippen molar-refractivity contribution in [3.8, 4) is 11.3 Å². The van der Waals surface area contributed by atoms with Gasteiger partial charge < -0.3 is 0 Å². The molecule has 3 heteroatoms. The molecule has 1 aromatic carbocycles. The third kappa shape index (κ3) is 1.29. The van der Waals surface area contributed by atoms with Crippen molar-refractivity contribution in [1.82, 2.24) is 14.4 Å². The quantitative estimate of drug-likeness (QED) is 0.616. The van der Waals surface area contributed by atoms with E-state index < -0.39 is 0 Å². The lowest BCUT2D eigenvalue weighted by atomic mass is 10.1. The third-order valence-electron chi connectivity index (χ3n) is 2.63. The Morgan fingerprint density at radius 3 is 2.69 bits per heavy atom. The summed E-state index contributed by atoms with van der Waals surface area (Å²) in [6.45, 7) is 2.01. The van der Waals surface area contributed by atoms with Gasteiger partial charge in [0.25, 0.3) is 0 Å². The summed E-state index contributed by atoms with van der Waals surface area (Å²) in [5.74, 6) is 0.749. The molecule has 0 radical (unpaired) electrons. The van der Waals surface area contributed by atoms with Crippen molar-refractivity contribution in [2.45, 2.75) is 6.92 Å². The summed E-state index contributed by atoms with van der Waals surface area (Å²) in [7, 11) is 0. The predicted octanol–water partition coefficient (Wildman–Crippen LogP) is 2.70. The molecule has 0 amide bonds. The van der Waals surface area contributed by atoms with E-state index in [9.17, 15) is 0 Å². The number of nitrogens with zero attached hydrogens (tertiary/aromatic N) is 3. The Balaban J connectivity index is 2.35. The molecule has 0 bridgehead atoms. The highest BCUT2D eigenvalue weighted by atomic mass is 15.1. The highest BCUT2D eigenvalue weighted by Crippen LogP contribution is 2.23. The molecule has 0 saturated heterocycles. The molecule has 78 valence electrons. The average Bonchev–Trinajstić information content (AvgIpc) is 2.66. The first-order valence-electron chi connectivity index (χ1n) is 5.21. The smallest absolute Gasteiger partial charge is 0.234 e. The summed E-state index contributed by atoms with van der Waals surface area (Å²) in [5, 5.41) is 0. The van der Waals surface area contributed by atoms with E-state index in [1.807, 2.05) is 41.8 Å². The van der Waals surface area contributed by atoms with Gasteiger partial charge in [0.2, 0.25) is 5.78 Å². The molecule has 0 fully saturated rings. The van der Waals surface area contributed by atoms with E-state index in [-0.39, 0.29) is 0 Å². The summed E-state index contributed by atoms with van der Waals surface area (Å²) in [6, 6.07) is 12.2. The number of fused-ring (bicyclic) bond motifs is 1. The van der Waals surface area contributed by atoms with Crippen LogP contribution in [0.25, 0.3) is 17.0 Å². The van der Waals surface area contributed by atoms with Gasteiger partial charge in [0, 0.05) is 18.0 Å². The first-order valence-corrected chi connectivity index (χ1v) is 5.21. The van der Waals surface area contributed by atoms with Crippen molar-refractivity contribution >= 4 is 5.78 Å². The highest BCUT2D eigenvalue weighted by Gasteiger charge is 2.09. The maximum Gasteiger partial charge on any atom is 0.234 e. The van der Waals surface area contributed by atoms with E-state index in [1.54, 1.807) is 6.20 Å². The van der Waals surface area contributed by atoms with Gasteiger partial charge in [0.1, 0.15) is 0 Å². The van der Waals surface area contributed by atoms with Crippen LogP contribution in [0.5, 0.6) is 0 Å². The first kappa shape index (κ1) is 9.09. The molecule has 0 aliphatic heterocycles. The van der Waals surface area contributed by atoms with E-state index in [0.717, 1.165) is 17.2 Å². The molecule has 3 nitrogen and oxygen atoms in total. The van der Waals surface area contributed by atoms with Crippen molar-refractivity contribution in [2.24, 2.45) is 0 Å². The minimum Gasteiger partial charge on any atom is -0.283 e. The summed E-state index contributed by atoms with van der Waals surface area (Å²) < 4.78 is 2.02. The van der Waals surface area contributed by atoms with Crippen LogP contribution >= 0.6 is 0 Å². The number of aryl methyl sites for hydroxylation is 1. The van der Waals surface area contributed by atoms with E-state index in [0.29, 0.717) is 0 Å². The SMILES string of the molecule is Cc1nc2ncccn2c1-c1ccccc1. The zero-order valence-corrected chi connectivity index (χ0v) is 8.96. The second kappa shape index (κ2) is 3.45. The van der Waals surface area contributed by atoms with Gasteiger partial charge >= 0.3 is 0 Å². The van der Waals surface area contributed by atoms with Crippen molar-refractivity contribution in [3.63, 3.8) is 0 Å². The second-order valence-electron chi connectivity index (χ2n) is 3.70. The van der Waals surface area contributed by atoms with Crippen molar-refractivity contribution < 1.29 is 0 Å². The van der Waals surface area contributed by atoms with Gasteiger partial charge in [-0.15, -0.1) is 0 Å². The van der Waals surface area contributed by atoms with Crippen LogP contribution in [-0.2, 0) is 0 Å². The third-order valence-corrected chi connectivity index (χ3v) is 2.63. The summed E-state index contributed by atoms with van der Waals surface area (Å²) >= 11 is 0.